The van der Waals surface area contributed by atoms with E-state index in [0.717, 1.165) is 0 Å². The molecule has 0 aliphatic carbocycles. The smallest absolute Gasteiger partial charge is 0.768 e. The Kier molecular flexibility index (Phi) is 176. The van der Waals surface area contributed by atoms with Gasteiger partial charge in [0, 0.05) is 0 Å². The third kappa shape index (κ3) is 728. The Morgan fingerprint density at radius 2 is 0.833 bits per heavy atom. The second-order valence-corrected chi connectivity index (χ2v) is 2.45. The van der Waals surface area contributed by atoms with Gasteiger partial charge in [-0.2, -0.15) is 0 Å². The van der Waals surface area contributed by atoms with E-state index in [1.165, 1.54) is 0 Å². The van der Waals surface area contributed by atoms with Crippen molar-refractivity contribution < 1.29 is 45.8 Å². The molecule has 0 saturated carbocycles. The summed E-state index contributed by atoms with van der Waals surface area (Å²) in [5.41, 5.74) is 0. The predicted molar refractivity (Wildman–Crippen MR) is 44.5 cm³/mol. The molecule has 0 unspecified atom stereocenters. The van der Waals surface area contributed by atoms with E-state index in [2.05, 4.69) is 11.7 Å². The molecule has 0 radical (unpaired) electrons. The molecule has 0 heterocycles. The molecule has 0 atom stereocenters. The first kappa shape index (κ1) is 71.8. The molecule has 9 nitrogen and oxygen atoms in total. The van der Waals surface area contributed by atoms with Crippen LogP contribution in [0.2, 0.25) is 0 Å². The Balaban J connectivity index is -0.00000000381. The quantitative estimate of drug-likeness (QED) is 0.178. The zero-order valence-electron chi connectivity index (χ0n) is 5.75. The maximum Gasteiger partial charge on any atom is 2.00 e. The van der Waals surface area contributed by atoms with Crippen LogP contribution in [0.25, 0.3) is 0 Å². The second-order valence-electron chi connectivity index (χ2n) is 0.408. The SMILES string of the molecule is O.O.O.O.O.O.O=S(=O)([O-])[S-].[Ca+2]. The summed E-state index contributed by atoms with van der Waals surface area (Å²) >= 11 is 3.24. The van der Waals surface area contributed by atoms with Crippen LogP contribution in [0.4, 0.5) is 0 Å². The van der Waals surface area contributed by atoms with E-state index in [1.54, 1.807) is 0 Å². The van der Waals surface area contributed by atoms with Gasteiger partial charge in [0.15, 0.2) is 0 Å². The maximum absolute atomic E-state index is 8.89. The van der Waals surface area contributed by atoms with E-state index < -0.39 is 9.15 Å². The van der Waals surface area contributed by atoms with Crippen molar-refractivity contribution in [3.05, 3.63) is 0 Å². The van der Waals surface area contributed by atoms with E-state index in [0.29, 0.717) is 0 Å². The van der Waals surface area contributed by atoms with Crippen LogP contribution in [0, 0.1) is 0 Å². The molecule has 0 aromatic heterocycles. The first-order valence-electron chi connectivity index (χ1n) is 0.667. The molecule has 0 fully saturated rings. The van der Waals surface area contributed by atoms with Gasteiger partial charge in [-0.1, -0.05) is 0 Å². The van der Waals surface area contributed by atoms with Gasteiger partial charge in [0.1, 0.15) is 0 Å². The van der Waals surface area contributed by atoms with Crippen LogP contribution in [0.5, 0.6) is 0 Å². The minimum absolute atomic E-state index is 0. The van der Waals surface area contributed by atoms with Crippen molar-refractivity contribution >= 4 is 58.5 Å². The van der Waals surface area contributed by atoms with Gasteiger partial charge in [-0.3, -0.25) is 8.42 Å². The standard InChI is InChI=1S/Ca.H2O3S2.6H2O/c;1-5(2,3)4;;;;;;/h;(H2,1,2,3,4);6*1H2/q+2;;;;;;;/p-2. The van der Waals surface area contributed by atoms with Gasteiger partial charge in [0.05, 0.1) is 0 Å². The largest absolute Gasteiger partial charge is 2.00 e. The fraction of sp³-hybridized carbons (Fsp3) is 0. The Hall–Kier alpha value is 1.28. The minimum Gasteiger partial charge on any atom is -0.768 e. The van der Waals surface area contributed by atoms with Gasteiger partial charge in [-0.25, -0.2) is 0 Å². The monoisotopic (exact) mass is 260 g/mol. The van der Waals surface area contributed by atoms with Crippen LogP contribution in [0.1, 0.15) is 0 Å². The average Bonchev–Trinajstić information content (AvgIpc) is 0.722. The van der Waals surface area contributed by atoms with Crippen LogP contribution in [0.3, 0.4) is 0 Å². The van der Waals surface area contributed by atoms with Gasteiger partial charge >= 0.3 is 37.7 Å². The maximum atomic E-state index is 8.89. The Labute approximate surface area is 104 Å². The molecule has 0 amide bonds. The Morgan fingerprint density at radius 3 is 0.833 bits per heavy atom. The van der Waals surface area contributed by atoms with Gasteiger partial charge in [-0.05, 0) is 9.15 Å². The van der Waals surface area contributed by atoms with Crippen molar-refractivity contribution in [1.29, 1.82) is 0 Å². The fourth-order valence-electron chi connectivity index (χ4n) is 0. The fourth-order valence-corrected chi connectivity index (χ4v) is 0. The Morgan fingerprint density at radius 1 is 0.833 bits per heavy atom. The van der Waals surface area contributed by atoms with Crippen LogP contribution in [-0.4, -0.2) is 83.6 Å². The molecule has 0 aromatic rings. The zero-order valence-corrected chi connectivity index (χ0v) is 9.59. The molecule has 0 rings (SSSR count). The summed E-state index contributed by atoms with van der Waals surface area (Å²) in [4.78, 5) is 0. The number of hydrogen-bond donors (Lipinski definition) is 0. The summed E-state index contributed by atoms with van der Waals surface area (Å²) in [6, 6.07) is 0. The molecule has 12 heavy (non-hydrogen) atoms. The van der Waals surface area contributed by atoms with E-state index in [9.17, 15) is 0 Å². The third-order valence-corrected chi connectivity index (χ3v) is 0. The topological polar surface area (TPSA) is 246 Å². The third-order valence-electron chi connectivity index (χ3n) is 0. The van der Waals surface area contributed by atoms with Crippen LogP contribution < -0.4 is 0 Å². The summed E-state index contributed by atoms with van der Waals surface area (Å²) in [5, 5.41) is 0. The van der Waals surface area contributed by atoms with Crippen molar-refractivity contribution in [2.45, 2.75) is 0 Å². The van der Waals surface area contributed by atoms with Crippen LogP contribution in [-0.2, 0) is 20.8 Å². The molecule has 0 saturated heterocycles. The normalized spacial score (nSPS) is 4.83. The van der Waals surface area contributed by atoms with E-state index in [1.807, 2.05) is 0 Å². The number of hydrogen-bond acceptors (Lipinski definition) is 4. The summed E-state index contributed by atoms with van der Waals surface area (Å²) in [5.74, 6) is 0. The average molecular weight is 260 g/mol. The minimum atomic E-state index is -4.33. The number of rotatable bonds is 0. The summed E-state index contributed by atoms with van der Waals surface area (Å²) in [7, 11) is -4.33. The molecular formula is H12CaO9S2. The summed E-state index contributed by atoms with van der Waals surface area (Å²) < 4.78 is 26.7. The summed E-state index contributed by atoms with van der Waals surface area (Å²) in [6.45, 7) is 0. The van der Waals surface area contributed by atoms with Gasteiger partial charge in [-0.15, -0.1) is 0 Å². The van der Waals surface area contributed by atoms with Crippen molar-refractivity contribution in [2.24, 2.45) is 0 Å². The van der Waals surface area contributed by atoms with E-state index >= 15 is 0 Å². The van der Waals surface area contributed by atoms with Crippen molar-refractivity contribution in [3.63, 3.8) is 0 Å². The van der Waals surface area contributed by atoms with Gasteiger partial charge < -0.3 is 49.1 Å². The first-order chi connectivity index (χ1) is 2.00. The van der Waals surface area contributed by atoms with Crippen molar-refractivity contribution in [3.8, 4) is 0 Å². The van der Waals surface area contributed by atoms with Gasteiger partial charge in [0.2, 0.25) is 0 Å². The predicted octanol–water partition coefficient (Wildman–Crippen LogP) is -6.34. The van der Waals surface area contributed by atoms with Crippen LogP contribution >= 0.6 is 0 Å². The second kappa shape index (κ2) is 29.5. The molecule has 80 valence electrons. The van der Waals surface area contributed by atoms with Crippen molar-refractivity contribution in [2.75, 3.05) is 0 Å². The molecule has 12 N–H and O–H groups in total. The van der Waals surface area contributed by atoms with E-state index in [-0.39, 0.29) is 70.6 Å². The first-order valence-corrected chi connectivity index (χ1v) is 3.00. The molecule has 0 spiro atoms. The summed E-state index contributed by atoms with van der Waals surface area (Å²) in [6.07, 6.45) is 0. The van der Waals surface area contributed by atoms with Crippen LogP contribution in [0.15, 0.2) is 0 Å². The molecular weight excluding hydrogens is 248 g/mol. The molecule has 0 aliphatic heterocycles. The molecule has 12 heteroatoms. The molecule has 0 aliphatic rings. The molecule has 0 aromatic carbocycles. The zero-order chi connectivity index (χ0) is 4.50. The Bertz CT molecular complexity index is 95.7. The van der Waals surface area contributed by atoms with Gasteiger partial charge in [0.25, 0.3) is 0 Å². The van der Waals surface area contributed by atoms with Crippen molar-refractivity contribution in [1.82, 2.24) is 0 Å². The van der Waals surface area contributed by atoms with E-state index in [4.69, 9.17) is 13.0 Å². The molecule has 0 bridgehead atoms.